The van der Waals surface area contributed by atoms with Crippen molar-refractivity contribution in [2.24, 2.45) is 0 Å². The zero-order valence-electron chi connectivity index (χ0n) is 12.2. The first-order chi connectivity index (χ1) is 10.0. The number of anilines is 1. The number of benzene rings is 1. The molecule has 0 saturated carbocycles. The van der Waals surface area contributed by atoms with Gasteiger partial charge >= 0.3 is 0 Å². The molecule has 0 saturated heterocycles. The molecule has 6 heteroatoms. The van der Waals surface area contributed by atoms with Gasteiger partial charge in [0.1, 0.15) is 16.7 Å². The van der Waals surface area contributed by atoms with Gasteiger partial charge in [-0.1, -0.05) is 18.7 Å². The van der Waals surface area contributed by atoms with Crippen LogP contribution in [0.2, 0.25) is 0 Å². The fourth-order valence-corrected chi connectivity index (χ4v) is 2.72. The van der Waals surface area contributed by atoms with Crippen LogP contribution >= 0.6 is 11.8 Å². The second kappa shape index (κ2) is 6.85. The molecule has 0 bridgehead atoms. The molecule has 0 amide bonds. The zero-order chi connectivity index (χ0) is 15.4. The highest BCUT2D eigenvalue weighted by atomic mass is 32.2. The Hall–Kier alpha value is -1.69. The van der Waals surface area contributed by atoms with Gasteiger partial charge in [0.25, 0.3) is 0 Å². The molecule has 2 aromatic rings. The lowest BCUT2D eigenvalue weighted by molar-refractivity contribution is 0.506. The van der Waals surface area contributed by atoms with Crippen molar-refractivity contribution in [3.63, 3.8) is 0 Å². The predicted molar refractivity (Wildman–Crippen MR) is 80.8 cm³/mol. The van der Waals surface area contributed by atoms with E-state index in [1.54, 1.807) is 6.07 Å². The van der Waals surface area contributed by atoms with E-state index in [2.05, 4.69) is 22.2 Å². The second-order valence-electron chi connectivity index (χ2n) is 4.65. The molecule has 1 aromatic heterocycles. The number of aryl methyl sites for hydroxylation is 1. The van der Waals surface area contributed by atoms with Crippen LogP contribution in [0.1, 0.15) is 24.7 Å². The first-order valence-corrected chi connectivity index (χ1v) is 7.55. The summed E-state index contributed by atoms with van der Waals surface area (Å²) in [7, 11) is 0. The molecule has 0 aliphatic carbocycles. The zero-order valence-corrected chi connectivity index (χ0v) is 13.0. The van der Waals surface area contributed by atoms with Crippen molar-refractivity contribution in [1.29, 1.82) is 0 Å². The lowest BCUT2D eigenvalue weighted by atomic mass is 10.3. The molecule has 0 aliphatic rings. The van der Waals surface area contributed by atoms with E-state index in [0.29, 0.717) is 10.7 Å². The van der Waals surface area contributed by atoms with E-state index in [9.17, 15) is 8.78 Å². The summed E-state index contributed by atoms with van der Waals surface area (Å²) in [5.41, 5.74) is 0.906. The van der Waals surface area contributed by atoms with Gasteiger partial charge in [-0.3, -0.25) is 0 Å². The molecular weight excluding hydrogens is 292 g/mol. The van der Waals surface area contributed by atoms with E-state index in [1.807, 2.05) is 13.8 Å². The van der Waals surface area contributed by atoms with Crippen LogP contribution < -0.4 is 5.32 Å². The average molecular weight is 309 g/mol. The minimum absolute atomic E-state index is 0.608. The summed E-state index contributed by atoms with van der Waals surface area (Å²) >= 11 is 1.30. The number of aromatic nitrogens is 2. The van der Waals surface area contributed by atoms with Crippen LogP contribution in [0.4, 0.5) is 14.6 Å². The van der Waals surface area contributed by atoms with Gasteiger partial charge in [-0.2, -0.15) is 0 Å². The molecule has 3 nitrogen and oxygen atoms in total. The molecule has 0 fully saturated rings. The van der Waals surface area contributed by atoms with Gasteiger partial charge in [0.2, 0.25) is 0 Å². The smallest absolute Gasteiger partial charge is 0.159 e. The highest BCUT2D eigenvalue weighted by molar-refractivity contribution is 7.99. The molecule has 1 N–H and O–H groups in total. The van der Waals surface area contributed by atoms with Crippen molar-refractivity contribution in [2.45, 2.75) is 37.1 Å². The first-order valence-electron chi connectivity index (χ1n) is 6.73. The van der Waals surface area contributed by atoms with Crippen molar-refractivity contribution >= 4 is 17.6 Å². The average Bonchev–Trinajstić information content (AvgIpc) is 2.45. The Balaban J connectivity index is 2.30. The molecule has 1 heterocycles. The van der Waals surface area contributed by atoms with Crippen LogP contribution in [0.25, 0.3) is 0 Å². The molecule has 1 aromatic carbocycles. The predicted octanol–water partition coefficient (Wildman–Crippen LogP) is 4.34. The van der Waals surface area contributed by atoms with Crippen molar-refractivity contribution < 1.29 is 8.78 Å². The largest absolute Gasteiger partial charge is 0.370 e. The van der Waals surface area contributed by atoms with E-state index in [-0.39, 0.29) is 0 Å². The van der Waals surface area contributed by atoms with Crippen LogP contribution in [0.5, 0.6) is 0 Å². The lowest BCUT2D eigenvalue weighted by Gasteiger charge is -2.12. The summed E-state index contributed by atoms with van der Waals surface area (Å²) in [4.78, 5) is 9.37. The van der Waals surface area contributed by atoms with Gasteiger partial charge < -0.3 is 5.32 Å². The lowest BCUT2D eigenvalue weighted by Crippen LogP contribution is -2.07. The molecule has 0 atom stereocenters. The summed E-state index contributed by atoms with van der Waals surface area (Å²) in [6.07, 6.45) is 0.994. The van der Waals surface area contributed by atoms with Gasteiger partial charge in [-0.05, 0) is 38.5 Å². The maximum atomic E-state index is 13.3. The summed E-state index contributed by atoms with van der Waals surface area (Å²) < 4.78 is 26.2. The number of hydrogen-bond donors (Lipinski definition) is 1. The van der Waals surface area contributed by atoms with Gasteiger partial charge in [-0.15, -0.1) is 0 Å². The minimum Gasteiger partial charge on any atom is -0.370 e. The van der Waals surface area contributed by atoms with E-state index >= 15 is 0 Å². The number of nitrogens with one attached hydrogen (secondary N) is 1. The summed E-state index contributed by atoms with van der Waals surface area (Å²) in [6.45, 7) is 6.63. The number of nitrogens with zero attached hydrogens (tertiary/aromatic N) is 2. The third kappa shape index (κ3) is 3.91. The number of hydrogen-bond acceptors (Lipinski definition) is 4. The Morgan fingerprint density at radius 1 is 1.14 bits per heavy atom. The van der Waals surface area contributed by atoms with Gasteiger partial charge in [0, 0.05) is 17.0 Å². The fourth-order valence-electron chi connectivity index (χ4n) is 1.77. The molecule has 0 spiro atoms. The molecule has 0 unspecified atom stereocenters. The number of rotatable bonds is 5. The molecular formula is C15H17F2N3S. The van der Waals surface area contributed by atoms with Crippen LogP contribution in [-0.2, 0) is 0 Å². The van der Waals surface area contributed by atoms with Crippen molar-refractivity contribution in [3.05, 3.63) is 41.2 Å². The van der Waals surface area contributed by atoms with Crippen molar-refractivity contribution in [1.82, 2.24) is 9.97 Å². The SMILES string of the molecule is CCCNc1nc(C)nc(Sc2ccc(F)c(F)c2)c1C. The van der Waals surface area contributed by atoms with E-state index in [0.717, 1.165) is 35.4 Å². The van der Waals surface area contributed by atoms with Crippen LogP contribution in [0, 0.1) is 25.5 Å². The van der Waals surface area contributed by atoms with E-state index in [4.69, 9.17) is 0 Å². The van der Waals surface area contributed by atoms with Gasteiger partial charge in [0.05, 0.1) is 0 Å². The topological polar surface area (TPSA) is 37.8 Å². The Morgan fingerprint density at radius 3 is 2.57 bits per heavy atom. The van der Waals surface area contributed by atoms with Crippen molar-refractivity contribution in [3.8, 4) is 0 Å². The monoisotopic (exact) mass is 309 g/mol. The number of halogens is 2. The summed E-state index contributed by atoms with van der Waals surface area (Å²) in [5, 5.41) is 3.99. The fraction of sp³-hybridized carbons (Fsp3) is 0.333. The summed E-state index contributed by atoms with van der Waals surface area (Å²) in [5.74, 6) is -0.272. The van der Waals surface area contributed by atoms with Gasteiger partial charge in [0.15, 0.2) is 11.6 Å². The molecule has 0 radical (unpaired) electrons. The highest BCUT2D eigenvalue weighted by Crippen LogP contribution is 2.32. The molecule has 112 valence electrons. The van der Waals surface area contributed by atoms with Crippen LogP contribution in [0.3, 0.4) is 0 Å². The minimum atomic E-state index is -0.854. The first kappa shape index (κ1) is 15.7. The standard InChI is InChI=1S/C15H17F2N3S/c1-4-7-18-14-9(2)15(20-10(3)19-14)21-11-5-6-12(16)13(17)8-11/h5-6,8H,4,7H2,1-3H3,(H,18,19,20). The van der Waals surface area contributed by atoms with Crippen molar-refractivity contribution in [2.75, 3.05) is 11.9 Å². The third-order valence-electron chi connectivity index (χ3n) is 2.86. The molecule has 2 rings (SSSR count). The van der Waals surface area contributed by atoms with Crippen LogP contribution in [-0.4, -0.2) is 16.5 Å². The maximum absolute atomic E-state index is 13.3. The third-order valence-corrected chi connectivity index (χ3v) is 3.94. The van der Waals surface area contributed by atoms with Crippen LogP contribution in [0.15, 0.2) is 28.1 Å². The molecule has 0 aliphatic heterocycles. The Labute approximate surface area is 127 Å². The van der Waals surface area contributed by atoms with E-state index < -0.39 is 11.6 Å². The quantitative estimate of drug-likeness (QED) is 0.834. The highest BCUT2D eigenvalue weighted by Gasteiger charge is 2.11. The summed E-state index contributed by atoms with van der Waals surface area (Å²) in [6, 6.07) is 3.84. The maximum Gasteiger partial charge on any atom is 0.159 e. The second-order valence-corrected chi connectivity index (χ2v) is 5.72. The molecule has 21 heavy (non-hydrogen) atoms. The Bertz CT molecular complexity index is 647. The van der Waals surface area contributed by atoms with Gasteiger partial charge in [-0.25, -0.2) is 18.7 Å². The normalized spacial score (nSPS) is 10.7. The van der Waals surface area contributed by atoms with E-state index in [1.165, 1.54) is 17.8 Å². The Kier molecular flexibility index (Phi) is 5.12. The Morgan fingerprint density at radius 2 is 1.90 bits per heavy atom.